The van der Waals surface area contributed by atoms with Gasteiger partial charge in [0.1, 0.15) is 5.82 Å². The smallest absolute Gasteiger partial charge is 0.321 e. The van der Waals surface area contributed by atoms with Crippen molar-refractivity contribution in [1.29, 1.82) is 0 Å². The molecular formula is C13H10F3N3O. The van der Waals surface area contributed by atoms with E-state index < -0.39 is 17.6 Å². The Morgan fingerprint density at radius 1 is 1.15 bits per heavy atom. The summed E-state index contributed by atoms with van der Waals surface area (Å²) in [6.07, 6.45) is -2.02. The molecule has 0 aliphatic carbocycles. The zero-order valence-electron chi connectivity index (χ0n) is 10.4. The predicted octanol–water partition coefficient (Wildman–Crippen LogP) is 3.06. The summed E-state index contributed by atoms with van der Waals surface area (Å²) in [5, 5.41) is 2.21. The molecule has 2 rings (SSSR count). The van der Waals surface area contributed by atoms with Gasteiger partial charge in [0.2, 0.25) is 0 Å². The van der Waals surface area contributed by atoms with Gasteiger partial charge < -0.3 is 5.32 Å². The maximum atomic E-state index is 12.8. The highest BCUT2D eigenvalue weighted by Crippen LogP contribution is 2.34. The zero-order chi connectivity index (χ0) is 14.8. The van der Waals surface area contributed by atoms with Gasteiger partial charge in [-0.2, -0.15) is 13.2 Å². The fourth-order valence-electron chi connectivity index (χ4n) is 1.54. The fourth-order valence-corrected chi connectivity index (χ4v) is 1.54. The summed E-state index contributed by atoms with van der Waals surface area (Å²) >= 11 is 0. The molecule has 0 saturated heterocycles. The van der Waals surface area contributed by atoms with E-state index in [4.69, 9.17) is 0 Å². The van der Waals surface area contributed by atoms with Gasteiger partial charge >= 0.3 is 6.18 Å². The third kappa shape index (κ3) is 3.11. The van der Waals surface area contributed by atoms with Crippen LogP contribution in [0.3, 0.4) is 0 Å². The van der Waals surface area contributed by atoms with Crippen LogP contribution in [0.2, 0.25) is 0 Å². The van der Waals surface area contributed by atoms with Crippen molar-refractivity contribution in [3.05, 3.63) is 53.6 Å². The number of carbonyl (C=O) groups excluding carboxylic acids is 1. The van der Waals surface area contributed by atoms with Gasteiger partial charge in [0.15, 0.2) is 0 Å². The van der Waals surface area contributed by atoms with Crippen LogP contribution in [0.15, 0.2) is 36.7 Å². The monoisotopic (exact) mass is 281 g/mol. The molecule has 4 nitrogen and oxygen atoms in total. The normalized spacial score (nSPS) is 11.2. The number of nitrogens with zero attached hydrogens (tertiary/aromatic N) is 2. The second-order valence-corrected chi connectivity index (χ2v) is 4.02. The summed E-state index contributed by atoms with van der Waals surface area (Å²) in [6, 6.07) is 4.76. The van der Waals surface area contributed by atoms with Crippen molar-refractivity contribution in [2.45, 2.75) is 13.1 Å². The highest BCUT2D eigenvalue weighted by atomic mass is 19.4. The summed E-state index contributed by atoms with van der Waals surface area (Å²) in [7, 11) is 0. The molecule has 7 heteroatoms. The maximum absolute atomic E-state index is 12.8. The number of nitrogens with one attached hydrogen (secondary N) is 1. The van der Waals surface area contributed by atoms with Crippen LogP contribution in [-0.2, 0) is 6.18 Å². The van der Waals surface area contributed by atoms with Gasteiger partial charge in [0, 0.05) is 12.4 Å². The van der Waals surface area contributed by atoms with Gasteiger partial charge in [0.25, 0.3) is 5.91 Å². The lowest BCUT2D eigenvalue weighted by Crippen LogP contribution is -2.17. The van der Waals surface area contributed by atoms with Crippen molar-refractivity contribution in [2.75, 3.05) is 5.32 Å². The van der Waals surface area contributed by atoms with Gasteiger partial charge in [0.05, 0.1) is 16.8 Å². The SMILES string of the molecule is Cc1ncc(C(=O)Nc2ccccc2C(F)(F)F)cn1. The molecule has 0 aliphatic rings. The Labute approximate surface area is 112 Å². The van der Waals surface area contributed by atoms with Crippen LogP contribution in [0, 0.1) is 6.92 Å². The van der Waals surface area contributed by atoms with E-state index in [2.05, 4.69) is 15.3 Å². The number of hydrogen-bond donors (Lipinski definition) is 1. The molecule has 0 bridgehead atoms. The van der Waals surface area contributed by atoms with Crippen molar-refractivity contribution >= 4 is 11.6 Å². The van der Waals surface area contributed by atoms with Crippen molar-refractivity contribution in [2.24, 2.45) is 0 Å². The Balaban J connectivity index is 2.26. The van der Waals surface area contributed by atoms with Crippen LogP contribution >= 0.6 is 0 Å². The second-order valence-electron chi connectivity index (χ2n) is 4.02. The average Bonchev–Trinajstić information content (AvgIpc) is 2.38. The molecule has 0 spiro atoms. The number of anilines is 1. The Morgan fingerprint density at radius 3 is 2.35 bits per heavy atom. The van der Waals surface area contributed by atoms with E-state index in [1.165, 1.54) is 30.6 Å². The molecular weight excluding hydrogens is 271 g/mol. The molecule has 0 aliphatic heterocycles. The van der Waals surface area contributed by atoms with Crippen molar-refractivity contribution in [3.8, 4) is 0 Å². The predicted molar refractivity (Wildman–Crippen MR) is 66.2 cm³/mol. The van der Waals surface area contributed by atoms with E-state index >= 15 is 0 Å². The summed E-state index contributed by atoms with van der Waals surface area (Å²) < 4.78 is 38.3. The average molecular weight is 281 g/mol. The van der Waals surface area contributed by atoms with E-state index in [9.17, 15) is 18.0 Å². The molecule has 1 aromatic carbocycles. The van der Waals surface area contributed by atoms with Crippen LogP contribution in [0.25, 0.3) is 0 Å². The Bertz CT molecular complexity index is 624. The summed E-state index contributed by atoms with van der Waals surface area (Å²) in [6.45, 7) is 1.64. The number of amides is 1. The van der Waals surface area contributed by atoms with Crippen LogP contribution in [0.5, 0.6) is 0 Å². The minimum Gasteiger partial charge on any atom is -0.321 e. The van der Waals surface area contributed by atoms with Gasteiger partial charge in [-0.15, -0.1) is 0 Å². The van der Waals surface area contributed by atoms with E-state index in [0.29, 0.717) is 5.82 Å². The zero-order valence-corrected chi connectivity index (χ0v) is 10.4. The topological polar surface area (TPSA) is 54.9 Å². The van der Waals surface area contributed by atoms with E-state index in [-0.39, 0.29) is 11.3 Å². The summed E-state index contributed by atoms with van der Waals surface area (Å²) in [5.41, 5.74) is -1.11. The lowest BCUT2D eigenvalue weighted by atomic mass is 10.1. The lowest BCUT2D eigenvalue weighted by molar-refractivity contribution is -0.136. The molecule has 20 heavy (non-hydrogen) atoms. The number of halogens is 3. The largest absolute Gasteiger partial charge is 0.418 e. The molecule has 1 aromatic heterocycles. The number of para-hydroxylation sites is 1. The van der Waals surface area contributed by atoms with Gasteiger partial charge in [-0.1, -0.05) is 12.1 Å². The number of alkyl halides is 3. The molecule has 0 fully saturated rings. The maximum Gasteiger partial charge on any atom is 0.418 e. The first-order valence-electron chi connectivity index (χ1n) is 5.64. The first kappa shape index (κ1) is 14.0. The second kappa shape index (κ2) is 5.28. The fraction of sp³-hybridized carbons (Fsp3) is 0.154. The van der Waals surface area contributed by atoms with Gasteiger partial charge in [-0.05, 0) is 19.1 Å². The first-order valence-corrected chi connectivity index (χ1v) is 5.64. The van der Waals surface area contributed by atoms with Crippen LogP contribution < -0.4 is 5.32 Å². The van der Waals surface area contributed by atoms with Crippen molar-refractivity contribution < 1.29 is 18.0 Å². The summed E-state index contributed by atoms with van der Waals surface area (Å²) in [4.78, 5) is 19.5. The lowest BCUT2D eigenvalue weighted by Gasteiger charge is -2.13. The Morgan fingerprint density at radius 2 is 1.75 bits per heavy atom. The third-order valence-corrected chi connectivity index (χ3v) is 2.52. The molecule has 0 atom stereocenters. The standard InChI is InChI=1S/C13H10F3N3O/c1-8-17-6-9(7-18-8)12(20)19-11-5-3-2-4-10(11)13(14,15)16/h2-7H,1H3,(H,19,20). The Kier molecular flexibility index (Phi) is 3.69. The van der Waals surface area contributed by atoms with Crippen LogP contribution in [0.4, 0.5) is 18.9 Å². The third-order valence-electron chi connectivity index (χ3n) is 2.52. The number of aryl methyl sites for hydroxylation is 1. The molecule has 0 radical (unpaired) electrons. The number of rotatable bonds is 2. The summed E-state index contributed by atoms with van der Waals surface area (Å²) in [5.74, 6) is -0.223. The number of aromatic nitrogens is 2. The highest BCUT2D eigenvalue weighted by molar-refractivity contribution is 6.04. The quantitative estimate of drug-likeness (QED) is 0.920. The minimum absolute atomic E-state index is 0.0903. The minimum atomic E-state index is -4.53. The molecule has 2 aromatic rings. The van der Waals surface area contributed by atoms with Crippen LogP contribution in [-0.4, -0.2) is 15.9 Å². The van der Waals surface area contributed by atoms with Crippen LogP contribution in [0.1, 0.15) is 21.7 Å². The molecule has 1 heterocycles. The number of carbonyl (C=O) groups is 1. The highest BCUT2D eigenvalue weighted by Gasteiger charge is 2.33. The van der Waals surface area contributed by atoms with E-state index in [1.54, 1.807) is 6.92 Å². The molecule has 1 N–H and O–H groups in total. The molecule has 0 unspecified atom stereocenters. The van der Waals surface area contributed by atoms with Crippen molar-refractivity contribution in [3.63, 3.8) is 0 Å². The van der Waals surface area contributed by atoms with E-state index in [0.717, 1.165) is 6.07 Å². The molecule has 104 valence electrons. The number of benzene rings is 1. The Hall–Kier alpha value is -2.44. The van der Waals surface area contributed by atoms with Crippen molar-refractivity contribution in [1.82, 2.24) is 9.97 Å². The van der Waals surface area contributed by atoms with E-state index in [1.807, 2.05) is 0 Å². The van der Waals surface area contributed by atoms with Gasteiger partial charge in [-0.25, -0.2) is 9.97 Å². The molecule has 0 saturated carbocycles. The van der Waals surface area contributed by atoms with Gasteiger partial charge in [-0.3, -0.25) is 4.79 Å². The first-order chi connectivity index (χ1) is 9.38. The number of hydrogen-bond acceptors (Lipinski definition) is 3. The molecule has 1 amide bonds.